The van der Waals surface area contributed by atoms with Crippen LogP contribution >= 0.6 is 15.9 Å². The smallest absolute Gasteiger partial charge is 0.177 e. The molecule has 0 bridgehead atoms. The van der Waals surface area contributed by atoms with Crippen molar-refractivity contribution in [1.29, 1.82) is 0 Å². The molecule has 2 aromatic heterocycles. The Morgan fingerprint density at radius 1 is 1.57 bits per heavy atom. The molecule has 2 aromatic rings. The highest BCUT2D eigenvalue weighted by Crippen LogP contribution is 2.16. The Morgan fingerprint density at radius 3 is 3.07 bits per heavy atom. The Bertz CT molecular complexity index is 452. The third-order valence-corrected chi connectivity index (χ3v) is 2.34. The van der Waals surface area contributed by atoms with E-state index < -0.39 is 0 Å². The van der Waals surface area contributed by atoms with Crippen molar-refractivity contribution >= 4 is 27.1 Å². The lowest BCUT2D eigenvalue weighted by atomic mass is 10.4. The third-order valence-electron chi connectivity index (χ3n) is 1.90. The zero-order chi connectivity index (χ0) is 10.1. The molecule has 0 aliphatic carbocycles. The van der Waals surface area contributed by atoms with Crippen molar-refractivity contribution in [2.75, 3.05) is 0 Å². The van der Waals surface area contributed by atoms with Gasteiger partial charge in [0.1, 0.15) is 0 Å². The normalized spacial score (nSPS) is 13.4. The van der Waals surface area contributed by atoms with Crippen LogP contribution in [0.15, 0.2) is 23.1 Å². The van der Waals surface area contributed by atoms with Gasteiger partial charge in [-0.3, -0.25) is 0 Å². The molecule has 0 amide bonds. The van der Waals surface area contributed by atoms with Crippen LogP contribution in [0.25, 0.3) is 11.2 Å². The molecule has 1 N–H and O–H groups in total. The largest absolute Gasteiger partial charge is 0.392 e. The van der Waals surface area contributed by atoms with Crippen molar-refractivity contribution < 1.29 is 5.11 Å². The van der Waals surface area contributed by atoms with Gasteiger partial charge in [-0.1, -0.05) is 0 Å². The van der Waals surface area contributed by atoms with E-state index in [1.807, 2.05) is 10.6 Å². The summed E-state index contributed by atoms with van der Waals surface area (Å²) >= 11 is 3.35. The van der Waals surface area contributed by atoms with E-state index in [0.717, 1.165) is 9.99 Å². The van der Waals surface area contributed by atoms with Gasteiger partial charge in [-0.25, -0.2) is 9.97 Å². The Hall–Kier alpha value is -0.940. The van der Waals surface area contributed by atoms with E-state index in [4.69, 9.17) is 0 Å². The highest BCUT2D eigenvalue weighted by molar-refractivity contribution is 9.10. The molecular formula is C9H10BrN3O. The minimum Gasteiger partial charge on any atom is -0.392 e. The maximum absolute atomic E-state index is 9.27. The minimum absolute atomic E-state index is 0.383. The zero-order valence-corrected chi connectivity index (χ0v) is 9.27. The van der Waals surface area contributed by atoms with Gasteiger partial charge in [0, 0.05) is 17.2 Å². The molecule has 4 nitrogen and oxygen atoms in total. The van der Waals surface area contributed by atoms with E-state index in [0.29, 0.717) is 12.2 Å². The fourth-order valence-corrected chi connectivity index (χ4v) is 1.67. The summed E-state index contributed by atoms with van der Waals surface area (Å²) in [4.78, 5) is 8.28. The van der Waals surface area contributed by atoms with Gasteiger partial charge >= 0.3 is 0 Å². The lowest BCUT2D eigenvalue weighted by Gasteiger charge is -2.05. The summed E-state index contributed by atoms with van der Waals surface area (Å²) in [5.74, 6) is 0. The number of fused-ring (bicyclic) bond motifs is 1. The number of nitrogens with zero attached hydrogens (tertiary/aromatic N) is 3. The second-order valence-corrected chi connectivity index (χ2v) is 4.16. The number of hydrogen-bond acceptors (Lipinski definition) is 3. The Kier molecular flexibility index (Phi) is 2.52. The van der Waals surface area contributed by atoms with E-state index in [-0.39, 0.29) is 6.10 Å². The Morgan fingerprint density at radius 2 is 2.36 bits per heavy atom. The van der Waals surface area contributed by atoms with Crippen LogP contribution in [-0.2, 0) is 6.54 Å². The second-order valence-electron chi connectivity index (χ2n) is 3.24. The minimum atomic E-state index is -0.383. The van der Waals surface area contributed by atoms with Gasteiger partial charge in [-0.15, -0.1) is 0 Å². The van der Waals surface area contributed by atoms with E-state index in [9.17, 15) is 5.11 Å². The third kappa shape index (κ3) is 1.78. The molecular weight excluding hydrogens is 246 g/mol. The number of hydrogen-bond donors (Lipinski definition) is 1. The van der Waals surface area contributed by atoms with Gasteiger partial charge in [0.05, 0.1) is 17.9 Å². The van der Waals surface area contributed by atoms with Crippen LogP contribution in [0, 0.1) is 0 Å². The molecule has 0 saturated heterocycles. The van der Waals surface area contributed by atoms with Gasteiger partial charge in [0.25, 0.3) is 0 Å². The van der Waals surface area contributed by atoms with Crippen molar-refractivity contribution in [1.82, 2.24) is 14.5 Å². The summed E-state index contributed by atoms with van der Waals surface area (Å²) in [7, 11) is 0. The molecule has 0 aliphatic rings. The summed E-state index contributed by atoms with van der Waals surface area (Å²) in [6, 6.07) is 1.94. The molecule has 1 unspecified atom stereocenters. The quantitative estimate of drug-likeness (QED) is 0.887. The van der Waals surface area contributed by atoms with Crippen LogP contribution < -0.4 is 0 Å². The molecule has 0 spiro atoms. The highest BCUT2D eigenvalue weighted by atomic mass is 79.9. The van der Waals surface area contributed by atoms with Gasteiger partial charge in [0.2, 0.25) is 0 Å². The fraction of sp³-hybridized carbons (Fsp3) is 0.333. The van der Waals surface area contributed by atoms with E-state index in [2.05, 4.69) is 25.9 Å². The van der Waals surface area contributed by atoms with Crippen molar-refractivity contribution in [3.63, 3.8) is 0 Å². The first-order valence-electron chi connectivity index (χ1n) is 4.31. The summed E-state index contributed by atoms with van der Waals surface area (Å²) in [6.45, 7) is 2.28. The van der Waals surface area contributed by atoms with Crippen LogP contribution in [0.5, 0.6) is 0 Å². The zero-order valence-electron chi connectivity index (χ0n) is 7.68. The maximum atomic E-state index is 9.27. The fourth-order valence-electron chi connectivity index (χ4n) is 1.35. The summed E-state index contributed by atoms with van der Waals surface area (Å²) < 4.78 is 2.80. The molecule has 14 heavy (non-hydrogen) atoms. The summed E-state index contributed by atoms with van der Waals surface area (Å²) in [5.41, 5.74) is 1.63. The van der Waals surface area contributed by atoms with Crippen LogP contribution in [0.3, 0.4) is 0 Å². The standard InChI is InChI=1S/C9H10BrN3O/c1-6(14)4-13-5-12-9-8(13)2-7(10)3-11-9/h2-3,5-6,14H,4H2,1H3. The number of aromatic nitrogens is 3. The molecule has 74 valence electrons. The molecule has 0 radical (unpaired) electrons. The van der Waals surface area contributed by atoms with Crippen LogP contribution in [-0.4, -0.2) is 25.7 Å². The summed E-state index contributed by atoms with van der Waals surface area (Å²) in [5, 5.41) is 9.27. The SMILES string of the molecule is CC(O)Cn1cnc2ncc(Br)cc21. The molecule has 2 heterocycles. The Labute approximate surface area is 89.7 Å². The molecule has 0 saturated carbocycles. The van der Waals surface area contributed by atoms with Gasteiger partial charge < -0.3 is 9.67 Å². The molecule has 0 fully saturated rings. The van der Waals surface area contributed by atoms with E-state index in [1.54, 1.807) is 19.4 Å². The van der Waals surface area contributed by atoms with E-state index >= 15 is 0 Å². The van der Waals surface area contributed by atoms with Crippen molar-refractivity contribution in [3.05, 3.63) is 23.1 Å². The lowest BCUT2D eigenvalue weighted by molar-refractivity contribution is 0.175. The van der Waals surface area contributed by atoms with Crippen LogP contribution in [0.1, 0.15) is 6.92 Å². The molecule has 5 heteroatoms. The number of aliphatic hydroxyl groups is 1. The number of pyridine rings is 1. The number of aliphatic hydroxyl groups excluding tert-OH is 1. The van der Waals surface area contributed by atoms with Crippen LogP contribution in [0.2, 0.25) is 0 Å². The van der Waals surface area contributed by atoms with Crippen molar-refractivity contribution in [2.24, 2.45) is 0 Å². The van der Waals surface area contributed by atoms with Crippen LogP contribution in [0.4, 0.5) is 0 Å². The molecule has 0 aliphatic heterocycles. The number of halogens is 1. The number of imidazole rings is 1. The second kappa shape index (κ2) is 3.67. The molecule has 2 rings (SSSR count). The predicted molar refractivity (Wildman–Crippen MR) is 56.9 cm³/mol. The average molecular weight is 256 g/mol. The maximum Gasteiger partial charge on any atom is 0.177 e. The monoisotopic (exact) mass is 255 g/mol. The number of rotatable bonds is 2. The summed E-state index contributed by atoms with van der Waals surface area (Å²) in [6.07, 6.45) is 3.02. The first-order valence-corrected chi connectivity index (χ1v) is 5.10. The predicted octanol–water partition coefficient (Wildman–Crippen LogP) is 1.57. The van der Waals surface area contributed by atoms with Crippen molar-refractivity contribution in [3.8, 4) is 0 Å². The van der Waals surface area contributed by atoms with Gasteiger partial charge in [-0.2, -0.15) is 0 Å². The van der Waals surface area contributed by atoms with E-state index in [1.165, 1.54) is 0 Å². The topological polar surface area (TPSA) is 50.9 Å². The Balaban J connectivity index is 2.50. The first-order chi connectivity index (χ1) is 6.66. The molecule has 0 aromatic carbocycles. The van der Waals surface area contributed by atoms with Gasteiger partial charge in [0.15, 0.2) is 5.65 Å². The lowest BCUT2D eigenvalue weighted by Crippen LogP contribution is -2.10. The first kappa shape index (κ1) is 9.61. The average Bonchev–Trinajstić information content (AvgIpc) is 2.47. The molecule has 1 atom stereocenters. The highest BCUT2D eigenvalue weighted by Gasteiger charge is 2.05. The van der Waals surface area contributed by atoms with Crippen molar-refractivity contribution in [2.45, 2.75) is 19.6 Å². The van der Waals surface area contributed by atoms with Gasteiger partial charge in [-0.05, 0) is 28.9 Å².